The molecule has 9 nitrogen and oxygen atoms in total. The van der Waals surface area contributed by atoms with Gasteiger partial charge in [0.1, 0.15) is 5.82 Å². The maximum Gasteiger partial charge on any atom is 0.300 e. The van der Waals surface area contributed by atoms with Crippen LogP contribution in [0.2, 0.25) is 0 Å². The molecule has 1 heterocycles. The number of aromatic nitrogens is 1. The lowest BCUT2D eigenvalue weighted by molar-refractivity contribution is 0.100. The number of nitrogens with one attached hydrogen (secondary N) is 3. The van der Waals surface area contributed by atoms with E-state index in [-0.39, 0.29) is 17.9 Å². The molecule has 1 aliphatic rings. The van der Waals surface area contributed by atoms with Gasteiger partial charge in [-0.3, -0.25) is 9.52 Å². The summed E-state index contributed by atoms with van der Waals surface area (Å²) in [6.07, 6.45) is 1.56. The van der Waals surface area contributed by atoms with Gasteiger partial charge in [-0.2, -0.15) is 13.1 Å². The molecule has 208 valence electrons. The van der Waals surface area contributed by atoms with Crippen LogP contribution in [0.5, 0.6) is 0 Å². The van der Waals surface area contributed by atoms with E-state index in [1.165, 1.54) is 19.2 Å². The van der Waals surface area contributed by atoms with Crippen LogP contribution in [-0.2, 0) is 21.4 Å². The van der Waals surface area contributed by atoms with E-state index in [0.29, 0.717) is 16.4 Å². The third kappa shape index (κ3) is 6.59. The molecule has 1 aliphatic carbocycles. The highest BCUT2D eigenvalue weighted by atomic mass is 127. The molecule has 0 aliphatic heterocycles. The van der Waals surface area contributed by atoms with Crippen LogP contribution in [0, 0.1) is 26.8 Å². The molecule has 15 heteroatoms. The van der Waals surface area contributed by atoms with Crippen molar-refractivity contribution in [2.75, 3.05) is 23.8 Å². The number of pyridine rings is 1. The van der Waals surface area contributed by atoms with Gasteiger partial charge in [0.05, 0.1) is 29.1 Å². The lowest BCUT2D eigenvalue weighted by atomic mass is 10.00. The molecule has 0 radical (unpaired) electrons. The van der Waals surface area contributed by atoms with Gasteiger partial charge in [0, 0.05) is 23.3 Å². The Balaban J connectivity index is 1.63. The number of anilines is 3. The van der Waals surface area contributed by atoms with E-state index in [2.05, 4.69) is 15.0 Å². The second-order valence-electron chi connectivity index (χ2n) is 8.93. The van der Waals surface area contributed by atoms with Crippen LogP contribution in [0.25, 0.3) is 0 Å². The van der Waals surface area contributed by atoms with E-state index in [1.54, 1.807) is 0 Å². The number of benzene rings is 2. The van der Waals surface area contributed by atoms with Crippen molar-refractivity contribution >= 4 is 55.9 Å². The van der Waals surface area contributed by atoms with Gasteiger partial charge in [-0.15, -0.1) is 0 Å². The molecule has 39 heavy (non-hydrogen) atoms. The Bertz CT molecular complexity index is 1550. The topological polar surface area (TPSA) is 135 Å². The summed E-state index contributed by atoms with van der Waals surface area (Å²) in [5.41, 5.74) is 2.45. The Morgan fingerprint density at radius 2 is 1.82 bits per heavy atom. The van der Waals surface area contributed by atoms with Gasteiger partial charge >= 0.3 is 10.2 Å². The van der Waals surface area contributed by atoms with Crippen LogP contribution in [0.4, 0.5) is 34.8 Å². The number of nitrogens with two attached hydrogens (primary N) is 1. The van der Waals surface area contributed by atoms with Crippen molar-refractivity contribution in [3.63, 3.8) is 0 Å². The zero-order chi connectivity index (χ0) is 28.5. The monoisotopic (exact) mass is 679 g/mol. The highest BCUT2D eigenvalue weighted by Gasteiger charge is 2.46. The Labute approximate surface area is 234 Å². The number of halogens is 5. The number of primary amides is 1. The molecule has 0 atom stereocenters. The third-order valence-electron chi connectivity index (χ3n) is 5.94. The minimum absolute atomic E-state index is 0.123. The first-order valence-electron chi connectivity index (χ1n) is 11.3. The minimum Gasteiger partial charge on any atom is -0.383 e. The van der Waals surface area contributed by atoms with Gasteiger partial charge in [-0.1, -0.05) is 0 Å². The molecule has 1 amide bonds. The summed E-state index contributed by atoms with van der Waals surface area (Å²) >= 11 is 1.86. The molecule has 0 bridgehead atoms. The van der Waals surface area contributed by atoms with Crippen LogP contribution in [0.1, 0.15) is 34.3 Å². The molecular formula is C24H22F4IN5O4S. The van der Waals surface area contributed by atoms with Crippen molar-refractivity contribution < 1.29 is 35.5 Å². The van der Waals surface area contributed by atoms with Crippen LogP contribution in [0.3, 0.4) is 0 Å². The van der Waals surface area contributed by atoms with E-state index in [4.69, 9.17) is 10.5 Å². The summed E-state index contributed by atoms with van der Waals surface area (Å²) in [5, 5.41) is 2.36. The number of carbonyl (C=O) groups is 1. The Hall–Kier alpha value is -3.02. The number of hydrogen-bond acceptors (Lipinski definition) is 6. The fraction of sp³-hybridized carbons (Fsp3) is 0.250. The maximum atomic E-state index is 15.2. The van der Waals surface area contributed by atoms with Gasteiger partial charge in [0.25, 0.3) is 5.91 Å². The third-order valence-corrected chi connectivity index (χ3v) is 7.78. The predicted octanol–water partition coefficient (Wildman–Crippen LogP) is 4.10. The highest BCUT2D eigenvalue weighted by molar-refractivity contribution is 14.1. The number of nitrogens with zero attached hydrogens (tertiary/aromatic N) is 1. The van der Waals surface area contributed by atoms with Crippen molar-refractivity contribution in [2.45, 2.75) is 24.8 Å². The molecule has 0 spiro atoms. The Morgan fingerprint density at radius 3 is 2.44 bits per heavy atom. The Morgan fingerprint density at radius 1 is 1.10 bits per heavy atom. The van der Waals surface area contributed by atoms with Crippen molar-refractivity contribution in [3.05, 3.63) is 80.1 Å². The number of rotatable bonds is 11. The second-order valence-corrected chi connectivity index (χ2v) is 11.6. The fourth-order valence-electron chi connectivity index (χ4n) is 3.89. The van der Waals surface area contributed by atoms with Gasteiger partial charge in [0.2, 0.25) is 0 Å². The molecule has 1 aromatic heterocycles. The first-order valence-corrected chi connectivity index (χ1v) is 13.9. The molecule has 0 unspecified atom stereocenters. The lowest BCUT2D eigenvalue weighted by Gasteiger charge is -2.18. The summed E-state index contributed by atoms with van der Waals surface area (Å²) < 4.78 is 94.7. The normalized spacial score (nSPS) is 14.2. The number of amides is 1. The summed E-state index contributed by atoms with van der Waals surface area (Å²) in [6, 6.07) is 5.99. The molecule has 0 saturated heterocycles. The van der Waals surface area contributed by atoms with Crippen LogP contribution in [-0.4, -0.2) is 38.6 Å². The Kier molecular flexibility index (Phi) is 8.34. The van der Waals surface area contributed by atoms with E-state index in [9.17, 15) is 17.6 Å². The fourth-order valence-corrected chi connectivity index (χ4v) is 5.62. The van der Waals surface area contributed by atoms with Crippen molar-refractivity contribution in [2.24, 2.45) is 5.73 Å². The average Bonchev–Trinajstić information content (AvgIpc) is 3.60. The van der Waals surface area contributed by atoms with Crippen molar-refractivity contribution in [3.8, 4) is 0 Å². The molecule has 1 saturated carbocycles. The van der Waals surface area contributed by atoms with E-state index < -0.39 is 74.0 Å². The number of methoxy groups -OCH3 is 1. The first kappa shape index (κ1) is 29.0. The van der Waals surface area contributed by atoms with Gasteiger partial charge in [-0.25, -0.2) is 22.5 Å². The maximum absolute atomic E-state index is 15.2. The smallest absolute Gasteiger partial charge is 0.300 e. The van der Waals surface area contributed by atoms with Gasteiger partial charge in [-0.05, 0) is 76.9 Å². The summed E-state index contributed by atoms with van der Waals surface area (Å²) in [5.74, 6) is -6.71. The molecule has 2 aromatic carbocycles. The minimum atomic E-state index is -4.26. The molecule has 5 N–H and O–H groups in total. The molecular weight excluding hydrogens is 657 g/mol. The largest absolute Gasteiger partial charge is 0.383 e. The van der Waals surface area contributed by atoms with Crippen LogP contribution >= 0.6 is 22.6 Å². The van der Waals surface area contributed by atoms with Gasteiger partial charge < -0.3 is 15.8 Å². The van der Waals surface area contributed by atoms with Crippen LogP contribution in [0.15, 0.2) is 36.5 Å². The number of ether oxygens (including phenoxy) is 1. The average molecular weight is 679 g/mol. The summed E-state index contributed by atoms with van der Waals surface area (Å²) in [6.45, 7) is 0.123. The van der Waals surface area contributed by atoms with Crippen molar-refractivity contribution in [1.82, 2.24) is 9.71 Å². The van der Waals surface area contributed by atoms with Gasteiger partial charge in [0.15, 0.2) is 23.3 Å². The second kappa shape index (κ2) is 11.2. The van der Waals surface area contributed by atoms with E-state index in [1.807, 2.05) is 27.3 Å². The summed E-state index contributed by atoms with van der Waals surface area (Å²) in [4.78, 5) is 15.8. The molecule has 1 fully saturated rings. The number of hydrogen-bond donors (Lipinski definition) is 4. The molecule has 3 aromatic rings. The standard InChI is InChI=1S/C24H22F4IN5O4S/c1-38-11-24(5-6-24)34-39(36,37)33-23-19(27)12(4-7-31-23)8-13-9-15(22(30)35)21(20(28)18(13)26)32-17-3-2-14(29)10-16(17)25/h2-4,7,9-10,32,34H,5-6,8,11H2,1H3,(H2,30,35)(H,31,33). The molecule has 4 rings (SSSR count). The van der Waals surface area contributed by atoms with E-state index in [0.717, 1.165) is 24.4 Å². The summed E-state index contributed by atoms with van der Waals surface area (Å²) in [7, 11) is -2.84. The van der Waals surface area contributed by atoms with Crippen molar-refractivity contribution in [1.29, 1.82) is 0 Å². The predicted molar refractivity (Wildman–Crippen MR) is 144 cm³/mol. The van der Waals surface area contributed by atoms with Crippen LogP contribution < -0.4 is 20.5 Å². The lowest BCUT2D eigenvalue weighted by Crippen LogP contribution is -2.43. The quantitative estimate of drug-likeness (QED) is 0.178. The zero-order valence-electron chi connectivity index (χ0n) is 20.2. The first-order chi connectivity index (χ1) is 18.3. The zero-order valence-corrected chi connectivity index (χ0v) is 23.2. The highest BCUT2D eigenvalue weighted by Crippen LogP contribution is 2.36. The SMILES string of the molecule is COCC1(NS(=O)(=O)Nc2nccc(Cc3cc(C(N)=O)c(Nc4ccc(I)cc4F)c(F)c3F)c2F)CC1. The number of carbonyl (C=O) groups excluding carboxylic acids is 1. The van der Waals surface area contributed by atoms with E-state index >= 15 is 13.2 Å².